The van der Waals surface area contributed by atoms with Crippen LogP contribution in [-0.4, -0.2) is 27.2 Å². The number of para-hydroxylation sites is 2. The van der Waals surface area contributed by atoms with Crippen molar-refractivity contribution in [3.63, 3.8) is 0 Å². The van der Waals surface area contributed by atoms with Gasteiger partial charge in [0.15, 0.2) is 11.5 Å². The second-order valence-electron chi connectivity index (χ2n) is 6.40. The van der Waals surface area contributed by atoms with Crippen molar-refractivity contribution < 1.29 is 14.3 Å². The first-order chi connectivity index (χ1) is 12.5. The predicted molar refractivity (Wildman–Crippen MR) is 97.7 cm³/mol. The highest BCUT2D eigenvalue weighted by Gasteiger charge is 2.34. The Kier molecular flexibility index (Phi) is 3.72. The predicted octanol–water partition coefficient (Wildman–Crippen LogP) is 2.04. The van der Waals surface area contributed by atoms with Crippen LogP contribution in [0.15, 0.2) is 47.3 Å². The van der Waals surface area contributed by atoms with Gasteiger partial charge in [0, 0.05) is 19.8 Å². The van der Waals surface area contributed by atoms with E-state index < -0.39 is 12.2 Å². The average molecular weight is 353 g/mol. The molecule has 0 fully saturated rings. The minimum atomic E-state index is -0.764. The topological polar surface area (TPSA) is 74.5 Å². The first-order valence-electron chi connectivity index (χ1n) is 8.34. The standard InChI is InChI=1S/C19H19N3O4/c1-11-17(26-16-7-5-4-6-15(16)25-11)18(23)20-12-8-9-13-14(10-12)22(3)19(24)21(13)2/h4-11,17H,1-3H3,(H,20,23)/t11-,17-/m1/s1. The number of ether oxygens (including phenoxy) is 2. The van der Waals surface area contributed by atoms with Gasteiger partial charge in [0.1, 0.15) is 6.10 Å². The second-order valence-corrected chi connectivity index (χ2v) is 6.40. The number of benzene rings is 2. The molecule has 0 bridgehead atoms. The van der Waals surface area contributed by atoms with Gasteiger partial charge >= 0.3 is 5.69 Å². The molecule has 0 saturated carbocycles. The number of amides is 1. The molecule has 7 nitrogen and oxygen atoms in total. The molecule has 0 radical (unpaired) electrons. The van der Waals surface area contributed by atoms with Crippen molar-refractivity contribution in [1.29, 1.82) is 0 Å². The maximum Gasteiger partial charge on any atom is 0.328 e. The summed E-state index contributed by atoms with van der Waals surface area (Å²) in [5.74, 6) is 0.878. The van der Waals surface area contributed by atoms with E-state index in [1.165, 1.54) is 0 Å². The number of aromatic nitrogens is 2. The largest absolute Gasteiger partial charge is 0.482 e. The molecule has 0 aliphatic carbocycles. The molecule has 2 atom stereocenters. The minimum absolute atomic E-state index is 0.113. The van der Waals surface area contributed by atoms with Gasteiger partial charge in [-0.25, -0.2) is 4.79 Å². The highest BCUT2D eigenvalue weighted by Crippen LogP contribution is 2.33. The Hall–Kier alpha value is -3.22. The summed E-state index contributed by atoms with van der Waals surface area (Å²) >= 11 is 0. The molecule has 1 aliphatic rings. The Labute approximate surface area is 149 Å². The lowest BCUT2D eigenvalue weighted by molar-refractivity contribution is -0.128. The van der Waals surface area contributed by atoms with Crippen molar-refractivity contribution in [2.45, 2.75) is 19.1 Å². The number of hydrogen-bond donors (Lipinski definition) is 1. The highest BCUT2D eigenvalue weighted by atomic mass is 16.6. The van der Waals surface area contributed by atoms with Crippen molar-refractivity contribution >= 4 is 22.6 Å². The molecule has 134 valence electrons. The van der Waals surface area contributed by atoms with E-state index >= 15 is 0 Å². The Morgan fingerprint density at radius 2 is 1.65 bits per heavy atom. The van der Waals surface area contributed by atoms with Crippen molar-refractivity contribution in [3.8, 4) is 11.5 Å². The van der Waals surface area contributed by atoms with Gasteiger partial charge in [-0.2, -0.15) is 0 Å². The van der Waals surface area contributed by atoms with Gasteiger partial charge in [-0.3, -0.25) is 13.9 Å². The molecule has 0 unspecified atom stereocenters. The van der Waals surface area contributed by atoms with Crippen molar-refractivity contribution in [2.75, 3.05) is 5.32 Å². The Balaban J connectivity index is 1.59. The lowest BCUT2D eigenvalue weighted by Crippen LogP contribution is -2.46. The summed E-state index contributed by atoms with van der Waals surface area (Å²) in [7, 11) is 3.42. The van der Waals surface area contributed by atoms with E-state index in [2.05, 4.69) is 5.32 Å². The number of imidazole rings is 1. The normalized spacial score (nSPS) is 18.7. The first-order valence-corrected chi connectivity index (χ1v) is 8.34. The molecule has 1 aromatic heterocycles. The van der Waals surface area contributed by atoms with E-state index in [0.717, 1.165) is 11.0 Å². The molecule has 2 heterocycles. The van der Waals surface area contributed by atoms with Gasteiger partial charge in [0.25, 0.3) is 5.91 Å². The van der Waals surface area contributed by atoms with E-state index in [9.17, 15) is 9.59 Å². The van der Waals surface area contributed by atoms with Gasteiger partial charge in [-0.15, -0.1) is 0 Å². The Morgan fingerprint density at radius 3 is 2.38 bits per heavy atom. The van der Waals surface area contributed by atoms with Crippen LogP contribution < -0.4 is 20.5 Å². The van der Waals surface area contributed by atoms with Crippen LogP contribution in [-0.2, 0) is 18.9 Å². The van der Waals surface area contributed by atoms with Crippen LogP contribution >= 0.6 is 0 Å². The zero-order valence-corrected chi connectivity index (χ0v) is 14.7. The molecule has 3 aromatic rings. The van der Waals surface area contributed by atoms with E-state index in [0.29, 0.717) is 17.2 Å². The summed E-state index contributed by atoms with van der Waals surface area (Å²) in [6.07, 6.45) is -1.19. The minimum Gasteiger partial charge on any atom is -0.482 e. The number of aryl methyl sites for hydroxylation is 2. The first kappa shape index (κ1) is 16.3. The van der Waals surface area contributed by atoms with Crippen molar-refractivity contribution in [3.05, 3.63) is 52.9 Å². The number of anilines is 1. The van der Waals surface area contributed by atoms with Crippen molar-refractivity contribution in [2.24, 2.45) is 14.1 Å². The van der Waals surface area contributed by atoms with Crippen LogP contribution in [0.1, 0.15) is 6.92 Å². The van der Waals surface area contributed by atoms with E-state index in [1.807, 2.05) is 24.3 Å². The molecule has 0 spiro atoms. The van der Waals surface area contributed by atoms with E-state index in [-0.39, 0.29) is 11.6 Å². The number of fused-ring (bicyclic) bond motifs is 2. The number of carbonyl (C=O) groups excluding carboxylic acids is 1. The highest BCUT2D eigenvalue weighted by molar-refractivity contribution is 5.96. The van der Waals surface area contributed by atoms with Crippen LogP contribution in [0.3, 0.4) is 0 Å². The number of hydrogen-bond acceptors (Lipinski definition) is 4. The molecule has 1 N–H and O–H groups in total. The number of rotatable bonds is 2. The number of nitrogens with one attached hydrogen (secondary N) is 1. The van der Waals surface area contributed by atoms with Crippen LogP contribution in [0.4, 0.5) is 5.69 Å². The number of nitrogens with zero attached hydrogens (tertiary/aromatic N) is 2. The maximum atomic E-state index is 12.7. The quantitative estimate of drug-likeness (QED) is 0.765. The fourth-order valence-corrected chi connectivity index (χ4v) is 3.20. The molecule has 1 aliphatic heterocycles. The fraction of sp³-hybridized carbons (Fsp3) is 0.263. The zero-order chi connectivity index (χ0) is 18.4. The SMILES string of the molecule is C[C@H]1Oc2ccccc2O[C@H]1C(=O)Nc1ccc2c(c1)n(C)c(=O)n2C. The molecular weight excluding hydrogens is 334 g/mol. The number of carbonyl (C=O) groups is 1. The van der Waals surface area contributed by atoms with Crippen LogP contribution in [0.5, 0.6) is 11.5 Å². The summed E-state index contributed by atoms with van der Waals surface area (Å²) in [6.45, 7) is 1.80. The van der Waals surface area contributed by atoms with Gasteiger partial charge in [-0.1, -0.05) is 12.1 Å². The third-order valence-electron chi connectivity index (χ3n) is 4.64. The third-order valence-corrected chi connectivity index (χ3v) is 4.64. The Morgan fingerprint density at radius 1 is 1.00 bits per heavy atom. The van der Waals surface area contributed by atoms with Gasteiger partial charge in [0.2, 0.25) is 6.10 Å². The zero-order valence-electron chi connectivity index (χ0n) is 14.7. The molecule has 1 amide bonds. The summed E-state index contributed by atoms with van der Waals surface area (Å²) in [5.41, 5.74) is 2.03. The van der Waals surface area contributed by atoms with E-state index in [4.69, 9.17) is 9.47 Å². The summed E-state index contributed by atoms with van der Waals surface area (Å²) in [5, 5.41) is 2.85. The lowest BCUT2D eigenvalue weighted by atomic mass is 10.1. The van der Waals surface area contributed by atoms with Gasteiger partial charge in [0.05, 0.1) is 11.0 Å². The van der Waals surface area contributed by atoms with E-state index in [1.54, 1.807) is 48.4 Å². The molecule has 0 saturated heterocycles. The van der Waals surface area contributed by atoms with Crippen LogP contribution in [0.25, 0.3) is 11.0 Å². The third kappa shape index (κ3) is 2.52. The monoisotopic (exact) mass is 353 g/mol. The maximum absolute atomic E-state index is 12.7. The molecule has 7 heteroatoms. The molecule has 4 rings (SSSR count). The summed E-state index contributed by atoms with van der Waals surface area (Å²) in [4.78, 5) is 24.7. The van der Waals surface area contributed by atoms with Crippen LogP contribution in [0.2, 0.25) is 0 Å². The second kappa shape index (κ2) is 5.94. The lowest BCUT2D eigenvalue weighted by Gasteiger charge is -2.31. The molecule has 26 heavy (non-hydrogen) atoms. The summed E-state index contributed by atoms with van der Waals surface area (Å²) in [6, 6.07) is 12.6. The Bertz CT molecular complexity index is 1070. The van der Waals surface area contributed by atoms with Gasteiger partial charge in [-0.05, 0) is 37.3 Å². The van der Waals surface area contributed by atoms with Crippen LogP contribution in [0, 0.1) is 0 Å². The average Bonchev–Trinajstić information content (AvgIpc) is 2.85. The summed E-state index contributed by atoms with van der Waals surface area (Å²) < 4.78 is 14.7. The van der Waals surface area contributed by atoms with Crippen molar-refractivity contribution in [1.82, 2.24) is 9.13 Å². The fourth-order valence-electron chi connectivity index (χ4n) is 3.20. The smallest absolute Gasteiger partial charge is 0.328 e. The molecular formula is C19H19N3O4. The van der Waals surface area contributed by atoms with Gasteiger partial charge < -0.3 is 14.8 Å². The molecule has 2 aromatic carbocycles.